The SMILES string of the molecule is Cl.O=C1CCCN1c1ccc(CNCc2ccc3c(c2)CCO3)cc1. The van der Waals surface area contributed by atoms with Gasteiger partial charge >= 0.3 is 0 Å². The van der Waals surface area contributed by atoms with Crippen molar-refractivity contribution < 1.29 is 9.53 Å². The van der Waals surface area contributed by atoms with Crippen molar-refractivity contribution in [1.29, 1.82) is 0 Å². The van der Waals surface area contributed by atoms with Crippen LogP contribution in [-0.4, -0.2) is 19.1 Å². The first-order valence-electron chi connectivity index (χ1n) is 8.64. The van der Waals surface area contributed by atoms with Gasteiger partial charge in [-0.2, -0.15) is 0 Å². The Balaban J connectivity index is 0.00000182. The number of nitrogens with zero attached hydrogens (tertiary/aromatic N) is 1. The van der Waals surface area contributed by atoms with Gasteiger partial charge in [-0.25, -0.2) is 0 Å². The fraction of sp³-hybridized carbons (Fsp3) is 0.350. The Morgan fingerprint density at radius 3 is 2.52 bits per heavy atom. The molecule has 0 aromatic heterocycles. The molecule has 25 heavy (non-hydrogen) atoms. The number of ether oxygens (including phenoxy) is 1. The van der Waals surface area contributed by atoms with Gasteiger partial charge in [0.05, 0.1) is 6.61 Å². The van der Waals surface area contributed by atoms with Gasteiger partial charge < -0.3 is 15.0 Å². The maximum absolute atomic E-state index is 11.8. The quantitative estimate of drug-likeness (QED) is 0.890. The molecule has 1 fully saturated rings. The number of anilines is 1. The maximum atomic E-state index is 11.8. The third kappa shape index (κ3) is 3.97. The summed E-state index contributed by atoms with van der Waals surface area (Å²) in [5, 5.41) is 3.49. The third-order valence-electron chi connectivity index (χ3n) is 4.73. The van der Waals surface area contributed by atoms with Crippen LogP contribution in [0.3, 0.4) is 0 Å². The van der Waals surface area contributed by atoms with Crippen LogP contribution in [0, 0.1) is 0 Å². The van der Waals surface area contributed by atoms with Crippen LogP contribution < -0.4 is 15.0 Å². The average molecular weight is 359 g/mol. The Morgan fingerprint density at radius 2 is 1.76 bits per heavy atom. The predicted octanol–water partition coefficient (Wildman–Crippen LogP) is 3.46. The molecule has 1 saturated heterocycles. The summed E-state index contributed by atoms with van der Waals surface area (Å²) < 4.78 is 5.54. The summed E-state index contributed by atoms with van der Waals surface area (Å²) in [6.45, 7) is 3.32. The van der Waals surface area contributed by atoms with Crippen LogP contribution in [0.15, 0.2) is 42.5 Å². The summed E-state index contributed by atoms with van der Waals surface area (Å²) in [6.07, 6.45) is 2.66. The first kappa shape index (κ1) is 17.8. The molecule has 0 bridgehead atoms. The second kappa shape index (κ2) is 7.89. The van der Waals surface area contributed by atoms with E-state index in [1.54, 1.807) is 0 Å². The van der Waals surface area contributed by atoms with E-state index >= 15 is 0 Å². The number of benzene rings is 2. The minimum Gasteiger partial charge on any atom is -0.493 e. The topological polar surface area (TPSA) is 41.6 Å². The smallest absolute Gasteiger partial charge is 0.227 e. The number of hydrogen-bond acceptors (Lipinski definition) is 3. The number of hydrogen-bond donors (Lipinski definition) is 1. The lowest BCUT2D eigenvalue weighted by Crippen LogP contribution is -2.23. The number of carbonyl (C=O) groups is 1. The van der Waals surface area contributed by atoms with Crippen LogP contribution in [0.4, 0.5) is 5.69 Å². The molecule has 2 aromatic carbocycles. The van der Waals surface area contributed by atoms with Crippen molar-refractivity contribution in [1.82, 2.24) is 5.32 Å². The molecule has 0 aliphatic carbocycles. The van der Waals surface area contributed by atoms with E-state index in [1.807, 2.05) is 17.0 Å². The minimum absolute atomic E-state index is 0. The summed E-state index contributed by atoms with van der Waals surface area (Å²) in [4.78, 5) is 13.7. The molecule has 4 nitrogen and oxygen atoms in total. The van der Waals surface area contributed by atoms with Crippen molar-refractivity contribution in [3.63, 3.8) is 0 Å². The van der Waals surface area contributed by atoms with Crippen LogP contribution >= 0.6 is 12.4 Å². The third-order valence-corrected chi connectivity index (χ3v) is 4.73. The van der Waals surface area contributed by atoms with Crippen molar-refractivity contribution in [3.05, 3.63) is 59.2 Å². The van der Waals surface area contributed by atoms with Gasteiger partial charge in [-0.3, -0.25) is 4.79 Å². The highest BCUT2D eigenvalue weighted by Gasteiger charge is 2.21. The highest BCUT2D eigenvalue weighted by molar-refractivity contribution is 5.95. The number of fused-ring (bicyclic) bond motifs is 1. The Morgan fingerprint density at radius 1 is 1.00 bits per heavy atom. The number of amides is 1. The summed E-state index contributed by atoms with van der Waals surface area (Å²) in [5.74, 6) is 1.27. The van der Waals surface area contributed by atoms with E-state index in [-0.39, 0.29) is 18.3 Å². The Labute approximate surface area is 154 Å². The normalized spacial score (nSPS) is 15.7. The second-order valence-electron chi connectivity index (χ2n) is 6.46. The van der Waals surface area contributed by atoms with E-state index in [1.165, 1.54) is 16.7 Å². The van der Waals surface area contributed by atoms with Crippen LogP contribution in [0.2, 0.25) is 0 Å². The van der Waals surface area contributed by atoms with Gasteiger partial charge in [0.25, 0.3) is 0 Å². The number of nitrogens with one attached hydrogen (secondary N) is 1. The van der Waals surface area contributed by atoms with Gasteiger partial charge in [0, 0.05) is 38.2 Å². The van der Waals surface area contributed by atoms with Crippen LogP contribution in [-0.2, 0) is 24.3 Å². The van der Waals surface area contributed by atoms with Crippen molar-refractivity contribution in [3.8, 4) is 5.75 Å². The molecule has 132 valence electrons. The second-order valence-corrected chi connectivity index (χ2v) is 6.46. The van der Waals surface area contributed by atoms with Crippen LogP contribution in [0.25, 0.3) is 0 Å². The first-order chi connectivity index (χ1) is 11.8. The fourth-order valence-corrected chi connectivity index (χ4v) is 3.42. The van der Waals surface area contributed by atoms with Crippen molar-refractivity contribution >= 4 is 24.0 Å². The Bertz CT molecular complexity index is 746. The molecule has 1 amide bonds. The fourth-order valence-electron chi connectivity index (χ4n) is 3.42. The van der Waals surface area contributed by atoms with E-state index in [4.69, 9.17) is 4.74 Å². The van der Waals surface area contributed by atoms with Crippen LogP contribution in [0.5, 0.6) is 5.75 Å². The van der Waals surface area contributed by atoms with Gasteiger partial charge in [-0.05, 0) is 41.3 Å². The lowest BCUT2D eigenvalue weighted by atomic mass is 10.1. The molecule has 5 heteroatoms. The number of carbonyl (C=O) groups excluding carboxylic acids is 1. The summed E-state index contributed by atoms with van der Waals surface area (Å²) in [5.41, 5.74) is 4.85. The molecule has 0 spiro atoms. The molecule has 2 aromatic rings. The van der Waals surface area contributed by atoms with Gasteiger partial charge in [0.1, 0.15) is 5.75 Å². The van der Waals surface area contributed by atoms with Crippen molar-refractivity contribution in [2.45, 2.75) is 32.4 Å². The van der Waals surface area contributed by atoms with Crippen molar-refractivity contribution in [2.75, 3.05) is 18.1 Å². The van der Waals surface area contributed by atoms with E-state index in [9.17, 15) is 4.79 Å². The molecule has 0 atom stereocenters. The zero-order valence-corrected chi connectivity index (χ0v) is 15.0. The molecule has 2 aliphatic heterocycles. The lowest BCUT2D eigenvalue weighted by Gasteiger charge is -2.16. The molecule has 0 radical (unpaired) electrons. The molecular weight excluding hydrogens is 336 g/mol. The first-order valence-corrected chi connectivity index (χ1v) is 8.64. The van der Waals surface area contributed by atoms with E-state index in [2.05, 4.69) is 35.6 Å². The van der Waals surface area contributed by atoms with Crippen molar-refractivity contribution in [2.24, 2.45) is 0 Å². The van der Waals surface area contributed by atoms with E-state index in [0.717, 1.165) is 50.5 Å². The standard InChI is InChI=1S/C20H22N2O2.ClH/c23-20-2-1-10-22(20)18-6-3-15(4-7-18)13-21-14-16-5-8-19-17(12-16)9-11-24-19;/h3-8,12,21H,1-2,9-11,13-14H2;1H. The summed E-state index contributed by atoms with van der Waals surface area (Å²) >= 11 is 0. The largest absolute Gasteiger partial charge is 0.493 e. The van der Waals surface area contributed by atoms with E-state index < -0.39 is 0 Å². The zero-order chi connectivity index (χ0) is 16.4. The minimum atomic E-state index is 0. The monoisotopic (exact) mass is 358 g/mol. The van der Waals surface area contributed by atoms with Gasteiger partial charge in [-0.15, -0.1) is 12.4 Å². The maximum Gasteiger partial charge on any atom is 0.227 e. The van der Waals surface area contributed by atoms with Gasteiger partial charge in [-0.1, -0.05) is 24.3 Å². The zero-order valence-electron chi connectivity index (χ0n) is 14.2. The van der Waals surface area contributed by atoms with Gasteiger partial charge in [0.2, 0.25) is 5.91 Å². The van der Waals surface area contributed by atoms with Crippen LogP contribution in [0.1, 0.15) is 29.5 Å². The average Bonchev–Trinajstić information content (AvgIpc) is 3.24. The number of halogens is 1. The summed E-state index contributed by atoms with van der Waals surface area (Å²) in [7, 11) is 0. The molecule has 0 saturated carbocycles. The van der Waals surface area contributed by atoms with E-state index in [0.29, 0.717) is 6.42 Å². The predicted molar refractivity (Wildman–Crippen MR) is 101 cm³/mol. The lowest BCUT2D eigenvalue weighted by molar-refractivity contribution is -0.117. The van der Waals surface area contributed by atoms with Gasteiger partial charge in [0.15, 0.2) is 0 Å². The highest BCUT2D eigenvalue weighted by atomic mass is 35.5. The Kier molecular flexibility index (Phi) is 5.61. The molecule has 4 rings (SSSR count). The highest BCUT2D eigenvalue weighted by Crippen LogP contribution is 2.26. The Hall–Kier alpha value is -2.04. The number of rotatable bonds is 5. The molecule has 2 heterocycles. The summed E-state index contributed by atoms with van der Waals surface area (Å²) in [6, 6.07) is 14.7. The molecular formula is C20H23ClN2O2. The molecule has 0 unspecified atom stereocenters. The molecule has 2 aliphatic rings. The molecule has 1 N–H and O–H groups in total.